The second kappa shape index (κ2) is 9.11. The number of para-hydroxylation sites is 1. The molecule has 25 heavy (non-hydrogen) atoms. The van der Waals surface area contributed by atoms with E-state index in [1.807, 2.05) is 31.3 Å². The van der Waals surface area contributed by atoms with Crippen molar-refractivity contribution < 1.29 is 9.26 Å². The Kier molecular flexibility index (Phi) is 6.86. The van der Waals surface area contributed by atoms with Gasteiger partial charge in [-0.15, -0.1) is 0 Å². The maximum atomic E-state index is 5.43. The number of nitrogens with zero attached hydrogens (tertiary/aromatic N) is 3. The van der Waals surface area contributed by atoms with Crippen LogP contribution < -0.4 is 10.1 Å². The molecule has 0 aliphatic rings. The van der Waals surface area contributed by atoms with Crippen LogP contribution in [-0.4, -0.2) is 36.7 Å². The van der Waals surface area contributed by atoms with Crippen molar-refractivity contribution in [2.75, 3.05) is 20.7 Å². The number of nitrogens with one attached hydrogen (secondary N) is 1. The van der Waals surface area contributed by atoms with Crippen LogP contribution in [0.3, 0.4) is 0 Å². The van der Waals surface area contributed by atoms with Gasteiger partial charge >= 0.3 is 0 Å². The zero-order valence-electron chi connectivity index (χ0n) is 15.7. The van der Waals surface area contributed by atoms with Crippen LogP contribution in [0.5, 0.6) is 5.75 Å². The maximum absolute atomic E-state index is 5.43. The topological polar surface area (TPSA) is 62.9 Å². The molecular formula is C19H28N4O2. The largest absolute Gasteiger partial charge is 0.496 e. The summed E-state index contributed by atoms with van der Waals surface area (Å²) in [5.41, 5.74) is 2.07. The smallest absolute Gasteiger partial charge is 0.194 e. The number of guanidine groups is 1. The molecule has 2 rings (SSSR count). The van der Waals surface area contributed by atoms with Crippen LogP contribution in [0.2, 0.25) is 0 Å². The zero-order chi connectivity index (χ0) is 18.2. The summed E-state index contributed by atoms with van der Waals surface area (Å²) in [6, 6.07) is 9.98. The summed E-state index contributed by atoms with van der Waals surface area (Å²) >= 11 is 0. The highest BCUT2D eigenvalue weighted by molar-refractivity contribution is 5.79. The van der Waals surface area contributed by atoms with Crippen molar-refractivity contribution in [2.45, 2.75) is 39.8 Å². The van der Waals surface area contributed by atoms with Gasteiger partial charge < -0.3 is 19.5 Å². The van der Waals surface area contributed by atoms with E-state index in [0.717, 1.165) is 35.3 Å². The normalized spacial score (nSPS) is 11.7. The van der Waals surface area contributed by atoms with E-state index in [1.54, 1.807) is 7.11 Å². The molecular weight excluding hydrogens is 316 g/mol. The summed E-state index contributed by atoms with van der Waals surface area (Å²) in [4.78, 5) is 6.74. The molecule has 1 N–H and O–H groups in total. The first kappa shape index (κ1) is 18.8. The second-order valence-electron chi connectivity index (χ2n) is 6.21. The number of ether oxygens (including phenoxy) is 1. The molecule has 0 bridgehead atoms. The minimum Gasteiger partial charge on any atom is -0.496 e. The molecule has 136 valence electrons. The Balaban J connectivity index is 2.09. The molecule has 0 saturated carbocycles. The highest BCUT2D eigenvalue weighted by Gasteiger charge is 2.11. The minimum absolute atomic E-state index is 0.350. The highest BCUT2D eigenvalue weighted by atomic mass is 16.5. The average molecular weight is 344 g/mol. The lowest BCUT2D eigenvalue weighted by atomic mass is 10.1. The Bertz CT molecular complexity index is 694. The summed E-state index contributed by atoms with van der Waals surface area (Å²) < 4.78 is 10.8. The molecule has 1 aromatic carbocycles. The first-order chi connectivity index (χ1) is 12.0. The zero-order valence-corrected chi connectivity index (χ0v) is 15.7. The second-order valence-corrected chi connectivity index (χ2v) is 6.21. The van der Waals surface area contributed by atoms with Crippen LogP contribution in [0.1, 0.15) is 43.7 Å². The molecule has 1 aromatic heterocycles. The van der Waals surface area contributed by atoms with Crippen molar-refractivity contribution in [3.8, 4) is 5.75 Å². The average Bonchev–Trinajstić information content (AvgIpc) is 3.08. The molecule has 6 nitrogen and oxygen atoms in total. The van der Waals surface area contributed by atoms with Gasteiger partial charge in [0.2, 0.25) is 0 Å². The molecule has 6 heteroatoms. The van der Waals surface area contributed by atoms with Gasteiger partial charge in [0.1, 0.15) is 12.3 Å². The van der Waals surface area contributed by atoms with Gasteiger partial charge in [-0.3, -0.25) is 0 Å². The lowest BCUT2D eigenvalue weighted by molar-refractivity contribution is 0.374. The maximum Gasteiger partial charge on any atom is 0.194 e. The lowest BCUT2D eigenvalue weighted by Crippen LogP contribution is -2.38. The van der Waals surface area contributed by atoms with E-state index in [4.69, 9.17) is 9.26 Å². The van der Waals surface area contributed by atoms with Crippen LogP contribution in [0.15, 0.2) is 39.8 Å². The van der Waals surface area contributed by atoms with Gasteiger partial charge in [-0.1, -0.05) is 37.2 Å². The third kappa shape index (κ3) is 5.24. The van der Waals surface area contributed by atoms with E-state index in [9.17, 15) is 0 Å². The molecule has 0 aliphatic heterocycles. The quantitative estimate of drug-likeness (QED) is 0.616. The summed E-state index contributed by atoms with van der Waals surface area (Å²) in [7, 11) is 3.70. The van der Waals surface area contributed by atoms with Gasteiger partial charge in [0.25, 0.3) is 0 Å². The first-order valence-corrected chi connectivity index (χ1v) is 8.62. The predicted octanol–water partition coefficient (Wildman–Crippen LogP) is 3.40. The lowest BCUT2D eigenvalue weighted by Gasteiger charge is -2.23. The van der Waals surface area contributed by atoms with Gasteiger partial charge in [-0.2, -0.15) is 0 Å². The van der Waals surface area contributed by atoms with Crippen molar-refractivity contribution in [2.24, 2.45) is 4.99 Å². The van der Waals surface area contributed by atoms with E-state index < -0.39 is 0 Å². The van der Waals surface area contributed by atoms with Crippen molar-refractivity contribution >= 4 is 5.96 Å². The molecule has 0 fully saturated rings. The molecule has 0 radical (unpaired) electrons. The third-order valence-corrected chi connectivity index (χ3v) is 3.85. The van der Waals surface area contributed by atoms with E-state index >= 15 is 0 Å². The van der Waals surface area contributed by atoms with Crippen molar-refractivity contribution in [1.29, 1.82) is 0 Å². The molecule has 0 unspecified atom stereocenters. The fourth-order valence-corrected chi connectivity index (χ4v) is 2.46. The number of rotatable bonds is 7. The van der Waals surface area contributed by atoms with Gasteiger partial charge in [0.05, 0.1) is 12.8 Å². The molecule has 0 atom stereocenters. The molecule has 0 spiro atoms. The number of aromatic nitrogens is 1. The van der Waals surface area contributed by atoms with E-state index in [1.165, 1.54) is 0 Å². The van der Waals surface area contributed by atoms with Crippen LogP contribution in [0.4, 0.5) is 0 Å². The van der Waals surface area contributed by atoms with Crippen molar-refractivity contribution in [3.63, 3.8) is 0 Å². The predicted molar refractivity (Wildman–Crippen MR) is 99.9 cm³/mol. The van der Waals surface area contributed by atoms with Crippen LogP contribution in [-0.2, 0) is 13.1 Å². The number of methoxy groups -OCH3 is 1. The van der Waals surface area contributed by atoms with Crippen molar-refractivity contribution in [3.05, 3.63) is 47.3 Å². The van der Waals surface area contributed by atoms with Crippen LogP contribution in [0, 0.1) is 0 Å². The summed E-state index contributed by atoms with van der Waals surface area (Å²) in [6.07, 6.45) is 0. The van der Waals surface area contributed by atoms with Crippen molar-refractivity contribution in [1.82, 2.24) is 15.4 Å². The first-order valence-electron chi connectivity index (χ1n) is 8.62. The molecule has 0 saturated heterocycles. The number of benzene rings is 1. The highest BCUT2D eigenvalue weighted by Crippen LogP contribution is 2.19. The molecule has 0 aliphatic carbocycles. The Morgan fingerprint density at radius 3 is 2.76 bits per heavy atom. The van der Waals surface area contributed by atoms with Crippen LogP contribution in [0.25, 0.3) is 0 Å². The molecule has 1 heterocycles. The molecule has 0 amide bonds. The summed E-state index contributed by atoms with van der Waals surface area (Å²) in [6.45, 7) is 8.19. The fraction of sp³-hybridized carbons (Fsp3) is 0.474. The van der Waals surface area contributed by atoms with Gasteiger partial charge in [-0.05, 0) is 18.9 Å². The Labute approximate surface area is 149 Å². The van der Waals surface area contributed by atoms with E-state index in [2.05, 4.69) is 47.2 Å². The fourth-order valence-electron chi connectivity index (χ4n) is 2.46. The summed E-state index contributed by atoms with van der Waals surface area (Å²) in [5.74, 6) is 2.81. The number of hydrogen-bond donors (Lipinski definition) is 1. The Hall–Kier alpha value is -2.50. The van der Waals surface area contributed by atoms with Gasteiger partial charge in [-0.25, -0.2) is 4.99 Å². The number of aliphatic imine (C=N–C) groups is 1. The summed E-state index contributed by atoms with van der Waals surface area (Å²) in [5, 5.41) is 7.39. The van der Waals surface area contributed by atoms with Gasteiger partial charge in [0.15, 0.2) is 11.7 Å². The third-order valence-electron chi connectivity index (χ3n) is 3.85. The van der Waals surface area contributed by atoms with E-state index in [0.29, 0.717) is 19.0 Å². The Morgan fingerprint density at radius 1 is 1.36 bits per heavy atom. The molecule has 2 aromatic rings. The van der Waals surface area contributed by atoms with E-state index in [-0.39, 0.29) is 0 Å². The SMILES string of the molecule is CCNC(=NCc1cc(C(C)C)no1)N(C)Cc1ccccc1OC. The minimum atomic E-state index is 0.350. The van der Waals surface area contributed by atoms with Crippen LogP contribution >= 0.6 is 0 Å². The van der Waals surface area contributed by atoms with Gasteiger partial charge in [0, 0.05) is 31.8 Å². The standard InChI is InChI=1S/C19H28N4O2/c1-6-20-19(21-12-16-11-17(14(2)3)22-25-16)23(4)13-15-9-7-8-10-18(15)24-5/h7-11,14H,6,12-13H2,1-5H3,(H,20,21). The Morgan fingerprint density at radius 2 is 2.12 bits per heavy atom. The number of hydrogen-bond acceptors (Lipinski definition) is 4. The monoisotopic (exact) mass is 344 g/mol.